The molecule has 0 aliphatic carbocycles. The number of aromatic nitrogens is 4. The van der Waals surface area contributed by atoms with E-state index >= 15 is 28.8 Å². The number of imidazole rings is 1. The number of guanidine groups is 1. The molecule has 0 bridgehead atoms. The summed E-state index contributed by atoms with van der Waals surface area (Å²) < 4.78 is 0. The summed E-state index contributed by atoms with van der Waals surface area (Å²) in [5, 5.41) is 70.1. The molecule has 24 N–H and O–H groups in total. The molecule has 6 aromatic rings. The minimum absolute atomic E-state index is 0.0139. The van der Waals surface area contributed by atoms with Gasteiger partial charge in [-0.15, -0.1) is 11.8 Å². The fourth-order valence-electron chi connectivity index (χ4n) is 16.1. The number of primary amides is 2. The van der Waals surface area contributed by atoms with Gasteiger partial charge in [-0.3, -0.25) is 86.9 Å². The molecule has 3 fully saturated rings. The first-order chi connectivity index (χ1) is 63.5. The molecule has 3 saturated heterocycles. The van der Waals surface area contributed by atoms with Gasteiger partial charge in [0.2, 0.25) is 100 Å². The number of thioether (sulfide) groups is 2. The second kappa shape index (κ2) is 49.8. The molecular formula is C87H120N24O20S2. The lowest BCUT2D eigenvalue weighted by atomic mass is 10.0. The van der Waals surface area contributed by atoms with Crippen LogP contribution in [-0.2, 0) is 107 Å². The van der Waals surface area contributed by atoms with E-state index in [1.54, 1.807) is 67.2 Å². The Morgan fingerprint density at radius 2 is 1.05 bits per heavy atom. The number of phenolic OH excluding ortho intramolecular Hbond substituents is 1. The van der Waals surface area contributed by atoms with E-state index in [0.717, 1.165) is 36.3 Å². The molecule has 0 saturated carbocycles. The van der Waals surface area contributed by atoms with Crippen LogP contribution in [0.15, 0.2) is 97.7 Å². The first-order valence-corrected chi connectivity index (χ1v) is 46.3. The van der Waals surface area contributed by atoms with Crippen molar-refractivity contribution in [2.75, 3.05) is 84.1 Å². The number of unbranched alkanes of at least 4 members (excludes halogenated alkanes) is 1. The van der Waals surface area contributed by atoms with Crippen molar-refractivity contribution in [3.63, 3.8) is 0 Å². The van der Waals surface area contributed by atoms with E-state index in [2.05, 4.69) is 78.4 Å². The molecular weight excluding hydrogens is 1770 g/mol. The number of H-pyrrole nitrogens is 3. The topological polar surface area (TPSA) is 662 Å². The average molecular weight is 1890 g/mol. The highest BCUT2D eigenvalue weighted by Gasteiger charge is 2.46. The molecule has 720 valence electrons. The number of hydrogen-bond donors (Lipinski definition) is 21. The van der Waals surface area contributed by atoms with E-state index in [0.29, 0.717) is 51.3 Å². The quantitative estimate of drug-likeness (QED) is 0.0146. The second-order valence-electron chi connectivity index (χ2n) is 33.0. The van der Waals surface area contributed by atoms with Gasteiger partial charge in [-0.2, -0.15) is 11.8 Å². The smallest absolute Gasteiger partial charge is 0.248 e. The first-order valence-electron chi connectivity index (χ1n) is 43.7. The van der Waals surface area contributed by atoms with Crippen molar-refractivity contribution in [3.8, 4) is 5.75 Å². The monoisotopic (exact) mass is 1880 g/mol. The van der Waals surface area contributed by atoms with E-state index in [1.807, 2.05) is 6.92 Å². The molecule has 3 aliphatic heterocycles. The summed E-state index contributed by atoms with van der Waals surface area (Å²) in [4.78, 5) is 267. The number of nitrogens with one attached hydrogen (secondary N) is 15. The Morgan fingerprint density at radius 3 is 1.62 bits per heavy atom. The Kier molecular flexibility index (Phi) is 38.7. The van der Waals surface area contributed by atoms with E-state index < -0.39 is 229 Å². The first kappa shape index (κ1) is 103. The number of para-hydroxylation sites is 2. The highest BCUT2D eigenvalue weighted by molar-refractivity contribution is 8.00. The Bertz CT molecular complexity index is 5150. The van der Waals surface area contributed by atoms with E-state index in [4.69, 9.17) is 22.6 Å². The number of phenols is 1. The largest absolute Gasteiger partial charge is 0.508 e. The van der Waals surface area contributed by atoms with Gasteiger partial charge >= 0.3 is 0 Å². The number of benzene rings is 3. The minimum atomic E-state index is -1.88. The lowest BCUT2D eigenvalue weighted by Gasteiger charge is -2.36. The minimum Gasteiger partial charge on any atom is -0.508 e. The predicted molar refractivity (Wildman–Crippen MR) is 489 cm³/mol. The predicted octanol–water partition coefficient (Wildman–Crippen LogP) is -4.39. The average Bonchev–Trinajstić information content (AvgIpc) is 1.78. The molecule has 3 aromatic heterocycles. The summed E-state index contributed by atoms with van der Waals surface area (Å²) in [6.45, 7) is -0.0521. The van der Waals surface area contributed by atoms with Crippen LogP contribution >= 0.6 is 23.5 Å². The van der Waals surface area contributed by atoms with E-state index in [-0.39, 0.29) is 114 Å². The molecule has 17 amide bonds. The molecule has 46 heteroatoms. The zero-order valence-corrected chi connectivity index (χ0v) is 76.4. The number of nitrogens with zero attached hydrogens (tertiary/aromatic N) is 6. The van der Waals surface area contributed by atoms with Crippen molar-refractivity contribution in [2.45, 2.75) is 195 Å². The van der Waals surface area contributed by atoms with Gasteiger partial charge in [0, 0.05) is 118 Å². The van der Waals surface area contributed by atoms with Crippen LogP contribution in [0, 0.1) is 5.41 Å². The van der Waals surface area contributed by atoms with Crippen LogP contribution in [0.2, 0.25) is 0 Å². The van der Waals surface area contributed by atoms with Crippen LogP contribution in [0.1, 0.15) is 107 Å². The van der Waals surface area contributed by atoms with Gasteiger partial charge in [-0.05, 0) is 111 Å². The molecule has 9 rings (SSSR count). The van der Waals surface area contributed by atoms with Gasteiger partial charge in [0.15, 0.2) is 5.96 Å². The number of carbonyl (C=O) groups is 17. The molecule has 0 spiro atoms. The van der Waals surface area contributed by atoms with Crippen LogP contribution < -0.4 is 75.7 Å². The van der Waals surface area contributed by atoms with Gasteiger partial charge in [-0.1, -0.05) is 68.3 Å². The lowest BCUT2D eigenvalue weighted by Crippen LogP contribution is -2.62. The maximum Gasteiger partial charge on any atom is 0.248 e. The summed E-state index contributed by atoms with van der Waals surface area (Å²) in [5.41, 5.74) is 19.7. The number of hydrogen-bond acceptors (Lipinski definition) is 24. The highest BCUT2D eigenvalue weighted by atomic mass is 32.2. The van der Waals surface area contributed by atoms with Crippen LogP contribution in [-0.4, -0.2) is 335 Å². The maximum atomic E-state index is 15.7. The van der Waals surface area contributed by atoms with Gasteiger partial charge in [-0.25, -0.2) is 4.98 Å². The van der Waals surface area contributed by atoms with Crippen molar-refractivity contribution in [1.82, 2.24) is 103 Å². The number of fused-ring (bicyclic) bond motifs is 4. The Morgan fingerprint density at radius 1 is 0.534 bits per heavy atom. The fourth-order valence-corrected chi connectivity index (χ4v) is 17.4. The van der Waals surface area contributed by atoms with Crippen LogP contribution in [0.4, 0.5) is 0 Å². The summed E-state index contributed by atoms with van der Waals surface area (Å²) in [6.07, 6.45) is 6.47. The van der Waals surface area contributed by atoms with Crippen LogP contribution in [0.3, 0.4) is 0 Å². The summed E-state index contributed by atoms with van der Waals surface area (Å²) in [5.74, 6) is -17.7. The molecule has 2 unspecified atom stereocenters. The van der Waals surface area contributed by atoms with Crippen molar-refractivity contribution in [2.24, 2.45) is 17.2 Å². The van der Waals surface area contributed by atoms with Crippen LogP contribution in [0.5, 0.6) is 5.75 Å². The highest BCUT2D eigenvalue weighted by Crippen LogP contribution is 2.27. The third kappa shape index (κ3) is 28.6. The van der Waals surface area contributed by atoms with Gasteiger partial charge < -0.3 is 130 Å². The number of likely N-dealkylation sites (N-methyl/N-ethyl adjacent to an activating group) is 3. The van der Waals surface area contributed by atoms with Gasteiger partial charge in [0.25, 0.3) is 0 Å². The molecule has 6 heterocycles. The van der Waals surface area contributed by atoms with E-state index in [1.165, 1.54) is 76.6 Å². The van der Waals surface area contributed by atoms with Gasteiger partial charge in [0.1, 0.15) is 90.3 Å². The summed E-state index contributed by atoms with van der Waals surface area (Å²) >= 11 is 2.07. The molecule has 44 nitrogen and oxygen atoms in total. The molecule has 3 aromatic carbocycles. The number of aliphatic hydroxyl groups is 2. The normalized spacial score (nSPS) is 24.3. The number of rotatable bonds is 25. The standard InChI is InChI=1S/C87H120N24O20S2/c1-7-8-21-69-86(131)108(4)66(28-32-132-6)79(124)99-57(20-13-29-93-87(90)91)75(120)106-65(74(119)96-41-71(89)116)44-133-45-72(117)98-60(33-48-24-26-52(114)27-25-48)82(127)107(3)47(2)73(118)102-62(37-70(88)115)84(129)110-30-14-22-67(110)81(126)101-59(36-51-40-92-46-97-51)77(122)105-64(43-113)85(130)111-31-15-23-68(111)80(125)100-58(34-49-38-94-55-18-11-9-16-53(49)55)76(121)104-63(42-112)78(123)103-61(83(128)109(69)5)35-50-39-95-56-19-12-10-17-54(50)56/h9-12,16-19,24-27,38-40,46-47,57-69,94-95,112-114H,7-8,13-15,20-23,28-37,41-45H2,1-6H3,(H2,88,115)(H2,89,116)(H,92,97)(H,96,119)(H,98,117)(H,99,124)(H,100,125)(H,101,126)(H,102,118)(H,103,123)(H,104,121)(H,105,122)(H,106,120)(H4,90,91,93)/t47-,57-,58-,59-,60-,61-,62-,63-,64-,65?,66-,67-,68?,69-/m0/s1. The van der Waals surface area contributed by atoms with Crippen LogP contribution in [0.25, 0.3) is 21.8 Å². The lowest BCUT2D eigenvalue weighted by molar-refractivity contribution is -0.149. The number of aliphatic hydroxyl groups excluding tert-OH is 2. The zero-order chi connectivity index (χ0) is 96.9. The number of amides is 17. The summed E-state index contributed by atoms with van der Waals surface area (Å²) in [7, 11) is 3.88. The fraction of sp³-hybridized carbons (Fsp3) is 0.506. The Hall–Kier alpha value is -13.4. The van der Waals surface area contributed by atoms with Crippen molar-refractivity contribution < 1.29 is 96.8 Å². The molecule has 133 heavy (non-hydrogen) atoms. The second-order valence-corrected chi connectivity index (χ2v) is 35.0. The number of carbonyl (C=O) groups excluding carboxylic acids is 17. The van der Waals surface area contributed by atoms with Crippen molar-refractivity contribution >= 4 is 152 Å². The molecule has 14 atom stereocenters. The third-order valence-corrected chi connectivity index (χ3v) is 25.2. The number of aromatic amines is 3. The van der Waals surface area contributed by atoms with Gasteiger partial charge in [0.05, 0.1) is 38.3 Å². The SMILES string of the molecule is CCCC[C@H]1C(=O)N(C)[C@@H](CCSC)C(=O)N[C@@H](CCCNC(=N)N)C(=O)NC(C(=O)NCC(N)=O)CSCC(=O)N[C@@H](Cc2ccc(O)cc2)C(=O)N(C)[C@@H](C)C(=O)N[C@@H](CC(N)=O)C(=O)N2CCC[C@H]2C(=O)N[C@@H](Cc2cnc[nH]2)C(=O)N[C@@H](CO)C(=O)N2CCCC2C(=O)N[C@@H](Cc2c[nH]c3ccccc23)C(=O)N[C@@H](CO)C(=O)N[C@@H](Cc2c[nH]c3ccccc23)C(=O)N1C. The Balaban J connectivity index is 1.09. The van der Waals surface area contributed by atoms with E-state index in [9.17, 15) is 68.1 Å². The third-order valence-electron chi connectivity index (χ3n) is 23.5. The maximum absolute atomic E-state index is 15.7. The van der Waals surface area contributed by atoms with Crippen molar-refractivity contribution in [1.29, 1.82) is 5.41 Å². The summed E-state index contributed by atoms with van der Waals surface area (Å²) in [6, 6.07) is -2.47. The van der Waals surface area contributed by atoms with Crippen molar-refractivity contribution in [3.05, 3.63) is 120 Å². The number of nitrogens with two attached hydrogens (primary N) is 3. The molecule has 0 radical (unpaired) electrons. The zero-order valence-electron chi connectivity index (χ0n) is 74.8. The Labute approximate surface area is 774 Å². The number of aromatic hydroxyl groups is 1. The molecule has 3 aliphatic rings.